The molecule has 3 aromatic rings. The lowest BCUT2D eigenvalue weighted by atomic mass is 9.95. The number of anilines is 1. The van der Waals surface area contributed by atoms with Gasteiger partial charge in [0.25, 0.3) is 5.91 Å². The van der Waals surface area contributed by atoms with Crippen LogP contribution in [0.15, 0.2) is 30.3 Å². The number of amides is 2. The predicted octanol–water partition coefficient (Wildman–Crippen LogP) is 3.92. The molecule has 1 aliphatic carbocycles. The molecular formula is C23H25N5O4S. The van der Waals surface area contributed by atoms with Gasteiger partial charge >= 0.3 is 5.69 Å². The van der Waals surface area contributed by atoms with Crippen LogP contribution in [0.2, 0.25) is 0 Å². The fraction of sp³-hybridized carbons (Fsp3) is 0.348. The summed E-state index contributed by atoms with van der Waals surface area (Å²) in [6.45, 7) is 3.33. The lowest BCUT2D eigenvalue weighted by Gasteiger charge is -2.13. The number of hydrogen-bond donors (Lipinski definition) is 2. The first-order valence-corrected chi connectivity index (χ1v) is 11.6. The van der Waals surface area contributed by atoms with E-state index in [0.29, 0.717) is 22.8 Å². The first kappa shape index (κ1) is 22.7. The van der Waals surface area contributed by atoms with Crippen LogP contribution < -0.4 is 10.6 Å². The van der Waals surface area contributed by atoms with Crippen LogP contribution in [0.1, 0.15) is 50.6 Å². The van der Waals surface area contributed by atoms with Gasteiger partial charge in [-0.05, 0) is 50.7 Å². The van der Waals surface area contributed by atoms with E-state index in [4.69, 9.17) is 0 Å². The number of rotatable bonds is 7. The van der Waals surface area contributed by atoms with Crippen molar-refractivity contribution in [3.63, 3.8) is 0 Å². The number of aromatic nitrogens is 2. The maximum absolute atomic E-state index is 13.1. The topological polar surface area (TPSA) is 119 Å². The van der Waals surface area contributed by atoms with Crippen molar-refractivity contribution >= 4 is 33.8 Å². The molecule has 0 saturated carbocycles. The van der Waals surface area contributed by atoms with Crippen molar-refractivity contribution < 1.29 is 14.5 Å². The molecule has 2 aromatic heterocycles. The monoisotopic (exact) mass is 467 g/mol. The van der Waals surface area contributed by atoms with Crippen LogP contribution in [0.4, 0.5) is 10.7 Å². The van der Waals surface area contributed by atoms with Gasteiger partial charge in [-0.3, -0.25) is 24.4 Å². The molecule has 33 heavy (non-hydrogen) atoms. The summed E-state index contributed by atoms with van der Waals surface area (Å²) in [5.41, 5.74) is 3.02. The van der Waals surface area contributed by atoms with Gasteiger partial charge in [0, 0.05) is 11.4 Å². The largest absolute Gasteiger partial charge is 0.348 e. The highest BCUT2D eigenvalue weighted by atomic mass is 32.1. The molecule has 0 atom stereocenters. The summed E-state index contributed by atoms with van der Waals surface area (Å²) < 4.78 is 1.32. The third kappa shape index (κ3) is 4.80. The molecule has 0 fully saturated rings. The standard InChI is InChI=1S/C23H25N5O4S/c1-14-21(28(31)32)15(2)27(26-14)13-19(29)25-23-20(17-10-6-7-11-18(17)33-23)22(30)24-12-16-8-4-3-5-9-16/h3-5,8-9H,6-7,10-13H2,1-2H3,(H,24,30)(H,25,29). The van der Waals surface area contributed by atoms with E-state index in [9.17, 15) is 19.7 Å². The fourth-order valence-electron chi connectivity index (χ4n) is 4.17. The number of nitrogens with zero attached hydrogens (tertiary/aromatic N) is 3. The Bertz CT molecular complexity index is 1220. The zero-order valence-electron chi connectivity index (χ0n) is 18.5. The van der Waals surface area contributed by atoms with Crippen LogP contribution in [-0.4, -0.2) is 26.5 Å². The molecule has 0 aliphatic heterocycles. The average Bonchev–Trinajstić information content (AvgIpc) is 3.28. The number of fused-ring (bicyclic) bond motifs is 1. The molecule has 9 nitrogen and oxygen atoms in total. The van der Waals surface area contributed by atoms with Crippen LogP contribution >= 0.6 is 11.3 Å². The molecule has 0 unspecified atom stereocenters. The second-order valence-electron chi connectivity index (χ2n) is 8.07. The number of aryl methyl sites for hydroxylation is 2. The number of nitrogens with one attached hydrogen (secondary N) is 2. The van der Waals surface area contributed by atoms with Gasteiger partial charge in [-0.1, -0.05) is 30.3 Å². The Morgan fingerprint density at radius 1 is 1.18 bits per heavy atom. The van der Waals surface area contributed by atoms with Crippen LogP contribution in [0, 0.1) is 24.0 Å². The van der Waals surface area contributed by atoms with Gasteiger partial charge in [-0.15, -0.1) is 11.3 Å². The number of carbonyl (C=O) groups is 2. The van der Waals surface area contributed by atoms with E-state index in [1.165, 1.54) is 16.0 Å². The molecule has 2 amide bonds. The van der Waals surface area contributed by atoms with Crippen LogP contribution in [-0.2, 0) is 30.7 Å². The lowest BCUT2D eigenvalue weighted by Crippen LogP contribution is -2.26. The number of thiophene rings is 1. The molecule has 1 aromatic carbocycles. The number of carbonyl (C=O) groups excluding carboxylic acids is 2. The van der Waals surface area contributed by atoms with Gasteiger partial charge in [-0.2, -0.15) is 5.10 Å². The van der Waals surface area contributed by atoms with E-state index in [-0.39, 0.29) is 29.7 Å². The molecule has 0 radical (unpaired) electrons. The van der Waals surface area contributed by atoms with Gasteiger partial charge in [0.05, 0.1) is 10.5 Å². The van der Waals surface area contributed by atoms with Gasteiger partial charge in [0.2, 0.25) is 5.91 Å². The first-order chi connectivity index (χ1) is 15.8. The molecule has 172 valence electrons. The summed E-state index contributed by atoms with van der Waals surface area (Å²) in [7, 11) is 0. The minimum absolute atomic E-state index is 0.0876. The Morgan fingerprint density at radius 3 is 2.61 bits per heavy atom. The second kappa shape index (κ2) is 9.53. The van der Waals surface area contributed by atoms with E-state index in [2.05, 4.69) is 15.7 Å². The van der Waals surface area contributed by atoms with Crippen LogP contribution in [0.5, 0.6) is 0 Å². The average molecular weight is 468 g/mol. The molecule has 0 spiro atoms. The molecule has 0 bridgehead atoms. The maximum atomic E-state index is 13.1. The van der Waals surface area contributed by atoms with Gasteiger partial charge in [0.15, 0.2) is 0 Å². The maximum Gasteiger partial charge on any atom is 0.312 e. The Hall–Kier alpha value is -3.53. The van der Waals surface area contributed by atoms with Crippen LogP contribution in [0.25, 0.3) is 0 Å². The zero-order valence-corrected chi connectivity index (χ0v) is 19.3. The van der Waals surface area contributed by atoms with E-state index >= 15 is 0 Å². The SMILES string of the molecule is Cc1nn(CC(=O)Nc2sc3c(c2C(=O)NCc2ccccc2)CCCC3)c(C)c1[N+](=O)[O-]. The highest BCUT2D eigenvalue weighted by Crippen LogP contribution is 2.38. The van der Waals surface area contributed by atoms with Crippen molar-refractivity contribution in [1.29, 1.82) is 0 Å². The molecule has 2 N–H and O–H groups in total. The van der Waals surface area contributed by atoms with Gasteiger partial charge in [0.1, 0.15) is 22.9 Å². The Labute approximate surface area is 195 Å². The number of nitro groups is 1. The lowest BCUT2D eigenvalue weighted by molar-refractivity contribution is -0.386. The summed E-state index contributed by atoms with van der Waals surface area (Å²) >= 11 is 1.44. The Morgan fingerprint density at radius 2 is 1.91 bits per heavy atom. The molecule has 2 heterocycles. The summed E-state index contributed by atoms with van der Waals surface area (Å²) in [6, 6.07) is 9.65. The quantitative estimate of drug-likeness (QED) is 0.403. The molecule has 4 rings (SSSR count). The smallest absolute Gasteiger partial charge is 0.312 e. The van der Waals surface area contributed by atoms with Crippen molar-refractivity contribution in [3.8, 4) is 0 Å². The third-order valence-corrected chi connectivity index (χ3v) is 6.97. The van der Waals surface area contributed by atoms with Crippen LogP contribution in [0.3, 0.4) is 0 Å². The molecular weight excluding hydrogens is 442 g/mol. The summed E-state index contributed by atoms with van der Waals surface area (Å²) in [5.74, 6) is -0.596. The minimum Gasteiger partial charge on any atom is -0.348 e. The molecule has 1 aliphatic rings. The normalized spacial score (nSPS) is 12.8. The third-order valence-electron chi connectivity index (χ3n) is 5.77. The van der Waals surface area contributed by atoms with Crippen molar-refractivity contribution in [2.24, 2.45) is 0 Å². The van der Waals surface area contributed by atoms with Gasteiger partial charge < -0.3 is 10.6 Å². The highest BCUT2D eigenvalue weighted by molar-refractivity contribution is 7.17. The van der Waals surface area contributed by atoms with Crippen molar-refractivity contribution in [2.45, 2.75) is 52.6 Å². The van der Waals surface area contributed by atoms with Crippen molar-refractivity contribution in [1.82, 2.24) is 15.1 Å². The fourth-order valence-corrected chi connectivity index (χ4v) is 5.47. The first-order valence-electron chi connectivity index (χ1n) is 10.8. The van der Waals surface area contributed by atoms with E-state index in [1.54, 1.807) is 13.8 Å². The number of hydrogen-bond acceptors (Lipinski definition) is 6. The predicted molar refractivity (Wildman–Crippen MR) is 126 cm³/mol. The Balaban J connectivity index is 1.54. The van der Waals surface area contributed by atoms with E-state index < -0.39 is 4.92 Å². The van der Waals surface area contributed by atoms with Crippen molar-refractivity contribution in [3.05, 3.63) is 73.4 Å². The molecule has 10 heteroatoms. The number of benzene rings is 1. The minimum atomic E-state index is -0.491. The zero-order chi connectivity index (χ0) is 23.5. The summed E-state index contributed by atoms with van der Waals surface area (Å²) in [5, 5.41) is 21.7. The second-order valence-corrected chi connectivity index (χ2v) is 9.17. The van der Waals surface area contributed by atoms with Crippen molar-refractivity contribution in [2.75, 3.05) is 5.32 Å². The Kier molecular flexibility index (Phi) is 6.55. The summed E-state index contributed by atoms with van der Waals surface area (Å²) in [6.07, 6.45) is 3.75. The van der Waals surface area contributed by atoms with E-state index in [0.717, 1.165) is 41.7 Å². The highest BCUT2D eigenvalue weighted by Gasteiger charge is 2.27. The van der Waals surface area contributed by atoms with E-state index in [1.807, 2.05) is 30.3 Å². The molecule has 0 saturated heterocycles. The van der Waals surface area contributed by atoms with Gasteiger partial charge in [-0.25, -0.2) is 0 Å². The summed E-state index contributed by atoms with van der Waals surface area (Å²) in [4.78, 5) is 37.8.